The molecule has 18 heavy (non-hydrogen) atoms. The van der Waals surface area contributed by atoms with Crippen molar-refractivity contribution in [2.75, 3.05) is 0 Å². The molecule has 3 amide bonds. The predicted octanol–water partition coefficient (Wildman–Crippen LogP) is 1.63. The van der Waals surface area contributed by atoms with E-state index in [1.54, 1.807) is 24.3 Å². The van der Waals surface area contributed by atoms with Gasteiger partial charge in [0.25, 0.3) is 5.91 Å². The van der Waals surface area contributed by atoms with Crippen molar-refractivity contribution in [3.05, 3.63) is 34.3 Å². The highest BCUT2D eigenvalue weighted by Crippen LogP contribution is 2.13. The molecule has 1 aliphatic rings. The molecule has 1 aromatic carbocycles. The number of halogens is 1. The molecule has 6 heteroatoms. The lowest BCUT2D eigenvalue weighted by atomic mass is 10.1. The zero-order chi connectivity index (χ0) is 13.1. The molecule has 0 saturated carbocycles. The van der Waals surface area contributed by atoms with Crippen LogP contribution in [0, 0.1) is 0 Å². The van der Waals surface area contributed by atoms with Crippen molar-refractivity contribution in [1.82, 2.24) is 10.4 Å². The summed E-state index contributed by atoms with van der Waals surface area (Å²) in [6, 6.07) is 6.72. The zero-order valence-corrected chi connectivity index (χ0v) is 11.1. The number of hydrogen-bond acceptors (Lipinski definition) is 3. The van der Waals surface area contributed by atoms with E-state index in [0.29, 0.717) is 12.0 Å². The zero-order valence-electron chi connectivity index (χ0n) is 9.48. The average molecular weight is 311 g/mol. The molecule has 1 heterocycles. The van der Waals surface area contributed by atoms with Crippen molar-refractivity contribution < 1.29 is 14.4 Å². The fourth-order valence-electron chi connectivity index (χ4n) is 1.67. The van der Waals surface area contributed by atoms with Gasteiger partial charge in [0.1, 0.15) is 0 Å². The van der Waals surface area contributed by atoms with Crippen molar-refractivity contribution in [3.8, 4) is 0 Å². The smallest absolute Gasteiger partial charge is 0.270 e. The van der Waals surface area contributed by atoms with E-state index in [9.17, 15) is 14.4 Å². The molecule has 0 bridgehead atoms. The third-order valence-corrected chi connectivity index (χ3v) is 3.07. The third kappa shape index (κ3) is 2.76. The molecule has 1 fully saturated rings. The van der Waals surface area contributed by atoms with Crippen molar-refractivity contribution >= 4 is 33.7 Å². The molecule has 0 atom stereocenters. The first-order chi connectivity index (χ1) is 8.58. The van der Waals surface area contributed by atoms with Gasteiger partial charge in [-0.1, -0.05) is 22.0 Å². The van der Waals surface area contributed by atoms with E-state index >= 15 is 0 Å². The molecule has 0 aromatic heterocycles. The van der Waals surface area contributed by atoms with E-state index < -0.39 is 5.91 Å². The Kier molecular flexibility index (Phi) is 3.76. The second-order valence-corrected chi connectivity index (χ2v) is 4.84. The van der Waals surface area contributed by atoms with Crippen LogP contribution in [-0.2, 0) is 9.59 Å². The number of nitrogens with one attached hydrogen (secondary N) is 1. The number of carbonyl (C=O) groups excluding carboxylic acids is 3. The fraction of sp³-hybridized carbons (Fsp3) is 0.250. The summed E-state index contributed by atoms with van der Waals surface area (Å²) in [5.41, 5.74) is 2.72. The molecule has 0 aliphatic carbocycles. The maximum Gasteiger partial charge on any atom is 0.270 e. The van der Waals surface area contributed by atoms with Crippen LogP contribution in [0.4, 0.5) is 0 Å². The van der Waals surface area contributed by atoms with Crippen LogP contribution in [0.1, 0.15) is 29.6 Å². The lowest BCUT2D eigenvalue weighted by Gasteiger charge is -2.24. The Morgan fingerprint density at radius 2 is 1.89 bits per heavy atom. The van der Waals surface area contributed by atoms with Gasteiger partial charge >= 0.3 is 0 Å². The van der Waals surface area contributed by atoms with E-state index in [2.05, 4.69) is 21.4 Å². The van der Waals surface area contributed by atoms with Crippen LogP contribution in [0.3, 0.4) is 0 Å². The summed E-state index contributed by atoms with van der Waals surface area (Å²) in [6.07, 6.45) is 1.11. The minimum atomic E-state index is -0.472. The molecule has 1 saturated heterocycles. The van der Waals surface area contributed by atoms with Crippen LogP contribution in [0.25, 0.3) is 0 Å². The Labute approximate surface area is 112 Å². The van der Waals surface area contributed by atoms with Crippen molar-refractivity contribution in [2.24, 2.45) is 0 Å². The van der Waals surface area contributed by atoms with E-state index in [-0.39, 0.29) is 24.7 Å². The quantitative estimate of drug-likeness (QED) is 0.844. The van der Waals surface area contributed by atoms with Gasteiger partial charge in [-0.05, 0) is 24.6 Å². The number of hydrazine groups is 1. The van der Waals surface area contributed by atoms with Crippen LogP contribution in [0.2, 0.25) is 0 Å². The first kappa shape index (κ1) is 12.8. The van der Waals surface area contributed by atoms with Gasteiger partial charge in [-0.2, -0.15) is 5.01 Å². The molecular weight excluding hydrogens is 300 g/mol. The Hall–Kier alpha value is -1.69. The summed E-state index contributed by atoms with van der Waals surface area (Å²) in [6.45, 7) is 0. The second kappa shape index (κ2) is 5.30. The summed E-state index contributed by atoms with van der Waals surface area (Å²) in [7, 11) is 0. The monoisotopic (exact) mass is 310 g/mol. The van der Waals surface area contributed by atoms with Crippen LogP contribution in [-0.4, -0.2) is 22.7 Å². The largest absolute Gasteiger partial charge is 0.273 e. The Balaban J connectivity index is 2.11. The van der Waals surface area contributed by atoms with E-state index in [4.69, 9.17) is 0 Å². The van der Waals surface area contributed by atoms with E-state index in [1.165, 1.54) is 0 Å². The number of hydrogen-bond donors (Lipinski definition) is 1. The number of imide groups is 1. The van der Waals surface area contributed by atoms with Crippen LogP contribution in [0.5, 0.6) is 0 Å². The number of carbonyl (C=O) groups is 3. The van der Waals surface area contributed by atoms with Gasteiger partial charge in [0, 0.05) is 22.9 Å². The molecule has 94 valence electrons. The number of nitrogens with zero attached hydrogens (tertiary/aromatic N) is 1. The van der Waals surface area contributed by atoms with Crippen LogP contribution < -0.4 is 5.43 Å². The van der Waals surface area contributed by atoms with Gasteiger partial charge in [0.15, 0.2) is 0 Å². The maximum atomic E-state index is 11.9. The van der Waals surface area contributed by atoms with Gasteiger partial charge < -0.3 is 0 Å². The SMILES string of the molecule is O=C(NN1C(=O)CCCC1=O)c1cccc(Br)c1. The standard InChI is InChI=1S/C12H11BrN2O3/c13-9-4-1-3-8(7-9)12(18)14-15-10(16)5-2-6-11(15)17/h1,3-4,7H,2,5-6H2,(H,14,18). The maximum absolute atomic E-state index is 11.9. The Morgan fingerprint density at radius 1 is 1.22 bits per heavy atom. The Morgan fingerprint density at radius 3 is 2.50 bits per heavy atom. The van der Waals surface area contributed by atoms with Gasteiger partial charge in [-0.25, -0.2) is 0 Å². The average Bonchev–Trinajstić information content (AvgIpc) is 2.34. The molecule has 0 radical (unpaired) electrons. The van der Waals surface area contributed by atoms with Gasteiger partial charge in [0.2, 0.25) is 11.8 Å². The number of amides is 3. The van der Waals surface area contributed by atoms with Crippen LogP contribution >= 0.6 is 15.9 Å². The van der Waals surface area contributed by atoms with Crippen molar-refractivity contribution in [1.29, 1.82) is 0 Å². The minimum Gasteiger partial charge on any atom is -0.273 e. The highest BCUT2D eigenvalue weighted by atomic mass is 79.9. The normalized spacial score (nSPS) is 15.7. The summed E-state index contributed by atoms with van der Waals surface area (Å²) >= 11 is 3.25. The van der Waals surface area contributed by atoms with Gasteiger partial charge in [-0.3, -0.25) is 19.8 Å². The van der Waals surface area contributed by atoms with Crippen molar-refractivity contribution in [2.45, 2.75) is 19.3 Å². The van der Waals surface area contributed by atoms with Crippen LogP contribution in [0.15, 0.2) is 28.7 Å². The predicted molar refractivity (Wildman–Crippen MR) is 67.3 cm³/mol. The highest BCUT2D eigenvalue weighted by Gasteiger charge is 2.27. The third-order valence-electron chi connectivity index (χ3n) is 2.58. The molecular formula is C12H11BrN2O3. The molecule has 0 spiro atoms. The summed E-state index contributed by atoms with van der Waals surface area (Å²) in [4.78, 5) is 34.9. The molecule has 1 N–H and O–H groups in total. The first-order valence-corrected chi connectivity index (χ1v) is 6.29. The van der Waals surface area contributed by atoms with Gasteiger partial charge in [-0.15, -0.1) is 0 Å². The summed E-state index contributed by atoms with van der Waals surface area (Å²) in [5.74, 6) is -1.20. The topological polar surface area (TPSA) is 66.5 Å². The lowest BCUT2D eigenvalue weighted by Crippen LogP contribution is -2.51. The fourth-order valence-corrected chi connectivity index (χ4v) is 2.07. The second-order valence-electron chi connectivity index (χ2n) is 3.93. The molecule has 1 aliphatic heterocycles. The highest BCUT2D eigenvalue weighted by molar-refractivity contribution is 9.10. The van der Waals surface area contributed by atoms with E-state index in [1.807, 2.05) is 0 Å². The molecule has 2 rings (SSSR count). The van der Waals surface area contributed by atoms with E-state index in [0.717, 1.165) is 9.48 Å². The minimum absolute atomic E-state index is 0.282. The molecule has 0 unspecified atom stereocenters. The number of rotatable bonds is 2. The first-order valence-electron chi connectivity index (χ1n) is 5.50. The van der Waals surface area contributed by atoms with Gasteiger partial charge in [0.05, 0.1) is 0 Å². The number of piperidine rings is 1. The summed E-state index contributed by atoms with van der Waals surface area (Å²) in [5, 5.41) is 0.812. The number of benzene rings is 1. The Bertz CT molecular complexity index is 500. The lowest BCUT2D eigenvalue weighted by molar-refractivity contribution is -0.150. The van der Waals surface area contributed by atoms with Crippen molar-refractivity contribution in [3.63, 3.8) is 0 Å². The molecule has 5 nitrogen and oxygen atoms in total. The summed E-state index contributed by atoms with van der Waals surface area (Å²) < 4.78 is 0.756. The molecule has 1 aromatic rings.